The van der Waals surface area contributed by atoms with E-state index in [0.717, 1.165) is 6.42 Å². The van der Waals surface area contributed by atoms with Gasteiger partial charge in [0.2, 0.25) is 0 Å². The van der Waals surface area contributed by atoms with E-state index in [1.54, 1.807) is 13.2 Å². The van der Waals surface area contributed by atoms with Gasteiger partial charge in [0.1, 0.15) is 5.67 Å². The first kappa shape index (κ1) is 16.6. The van der Waals surface area contributed by atoms with Crippen molar-refractivity contribution >= 4 is 0 Å². The predicted octanol–water partition coefficient (Wildman–Crippen LogP) is 4.51. The van der Waals surface area contributed by atoms with Crippen LogP contribution in [-0.2, 0) is 9.47 Å². The Morgan fingerprint density at radius 2 is 2.00 bits per heavy atom. The van der Waals surface area contributed by atoms with E-state index in [0.29, 0.717) is 25.0 Å². The number of halogens is 2. The van der Waals surface area contributed by atoms with Crippen LogP contribution in [0.3, 0.4) is 0 Å². The molecule has 0 bridgehead atoms. The van der Waals surface area contributed by atoms with Gasteiger partial charge in [-0.2, -0.15) is 0 Å². The van der Waals surface area contributed by atoms with E-state index >= 15 is 4.39 Å². The van der Waals surface area contributed by atoms with Crippen molar-refractivity contribution in [2.24, 2.45) is 5.92 Å². The molecule has 0 spiro atoms. The van der Waals surface area contributed by atoms with Gasteiger partial charge < -0.3 is 9.47 Å². The molecule has 2 aliphatic rings. The maximum Gasteiger partial charge on any atom is 0.168 e. The van der Waals surface area contributed by atoms with Crippen molar-refractivity contribution in [1.82, 2.24) is 0 Å². The molecule has 0 aromatic carbocycles. The van der Waals surface area contributed by atoms with E-state index in [-0.39, 0.29) is 18.8 Å². The van der Waals surface area contributed by atoms with E-state index in [1.807, 2.05) is 26.0 Å². The second-order valence-corrected chi connectivity index (χ2v) is 6.18. The summed E-state index contributed by atoms with van der Waals surface area (Å²) in [5, 5.41) is 0. The Bertz CT molecular complexity index is 409. The quantitative estimate of drug-likeness (QED) is 0.696. The van der Waals surface area contributed by atoms with Gasteiger partial charge in [-0.15, -0.1) is 0 Å². The number of hydrogen-bond donors (Lipinski definition) is 0. The van der Waals surface area contributed by atoms with Gasteiger partial charge in [-0.3, -0.25) is 0 Å². The van der Waals surface area contributed by atoms with Crippen molar-refractivity contribution < 1.29 is 18.3 Å². The third-order valence-corrected chi connectivity index (χ3v) is 4.85. The van der Waals surface area contributed by atoms with Crippen LogP contribution in [0.5, 0.6) is 0 Å². The van der Waals surface area contributed by atoms with Gasteiger partial charge >= 0.3 is 0 Å². The van der Waals surface area contributed by atoms with Crippen LogP contribution in [0.1, 0.15) is 46.0 Å². The first-order valence-electron chi connectivity index (χ1n) is 7.85. The van der Waals surface area contributed by atoms with E-state index in [2.05, 4.69) is 0 Å². The summed E-state index contributed by atoms with van der Waals surface area (Å²) >= 11 is 0. The largest absolute Gasteiger partial charge is 0.353 e. The highest BCUT2D eigenvalue weighted by Gasteiger charge is 2.50. The van der Waals surface area contributed by atoms with Crippen LogP contribution in [0.15, 0.2) is 23.8 Å². The molecule has 120 valence electrons. The molecule has 21 heavy (non-hydrogen) atoms. The molecule has 2 atom stereocenters. The molecule has 0 aliphatic heterocycles. The van der Waals surface area contributed by atoms with Crippen LogP contribution >= 0.6 is 0 Å². The highest BCUT2D eigenvalue weighted by atomic mass is 19.2. The number of hydrogen-bond acceptors (Lipinski definition) is 2. The number of allylic oxidation sites excluding steroid dienone is 4. The Balaban J connectivity index is 2.07. The third-order valence-electron chi connectivity index (χ3n) is 4.85. The molecule has 2 aliphatic carbocycles. The molecule has 0 amide bonds. The topological polar surface area (TPSA) is 18.5 Å². The molecule has 1 saturated carbocycles. The average Bonchev–Trinajstić information content (AvgIpc) is 2.50. The molecule has 2 unspecified atom stereocenters. The maximum atomic E-state index is 15.1. The lowest BCUT2D eigenvalue weighted by Crippen LogP contribution is -2.48. The summed E-state index contributed by atoms with van der Waals surface area (Å²) in [7, 11) is 1.57. The molecular formula is C17H26F2O2. The van der Waals surface area contributed by atoms with Gasteiger partial charge in [0.05, 0.1) is 0 Å². The summed E-state index contributed by atoms with van der Waals surface area (Å²) in [6, 6.07) is 0. The fraction of sp³-hybridized carbons (Fsp3) is 0.765. The smallest absolute Gasteiger partial charge is 0.168 e. The Kier molecular flexibility index (Phi) is 5.20. The first-order chi connectivity index (χ1) is 9.96. The Morgan fingerprint density at radius 3 is 2.52 bits per heavy atom. The summed E-state index contributed by atoms with van der Waals surface area (Å²) in [4.78, 5) is 0. The zero-order chi connectivity index (χ0) is 15.5. The second kappa shape index (κ2) is 6.57. The van der Waals surface area contributed by atoms with Crippen LogP contribution < -0.4 is 0 Å². The molecule has 0 aromatic rings. The van der Waals surface area contributed by atoms with E-state index in [1.165, 1.54) is 0 Å². The lowest BCUT2D eigenvalue weighted by molar-refractivity contribution is -0.250. The van der Waals surface area contributed by atoms with E-state index in [9.17, 15) is 4.39 Å². The number of methoxy groups -OCH3 is 1. The number of rotatable bonds is 5. The molecule has 4 heteroatoms. The van der Waals surface area contributed by atoms with Crippen LogP contribution in [0, 0.1) is 5.92 Å². The minimum absolute atomic E-state index is 0.0682. The standard InChI is InChI=1S/C17H26F2O2/c1-4-21-17(20-3)11-9-16(19,10-12-17)15(18)14-8-6-5-7-13(14)2/h5-6,8,13,15H,4,7,9-12H2,1-3H3. The van der Waals surface area contributed by atoms with Crippen molar-refractivity contribution in [2.45, 2.75) is 63.6 Å². The van der Waals surface area contributed by atoms with Crippen LogP contribution in [0.2, 0.25) is 0 Å². The molecule has 0 heterocycles. The molecule has 0 saturated heterocycles. The van der Waals surface area contributed by atoms with E-state index < -0.39 is 17.6 Å². The molecular weight excluding hydrogens is 274 g/mol. The van der Waals surface area contributed by atoms with Crippen molar-refractivity contribution in [3.8, 4) is 0 Å². The van der Waals surface area contributed by atoms with Gasteiger partial charge in [0.15, 0.2) is 12.0 Å². The van der Waals surface area contributed by atoms with Gasteiger partial charge in [0.25, 0.3) is 0 Å². The normalized spacial score (nSPS) is 38.1. The van der Waals surface area contributed by atoms with Gasteiger partial charge in [-0.1, -0.05) is 25.2 Å². The van der Waals surface area contributed by atoms with Crippen LogP contribution in [0.4, 0.5) is 8.78 Å². The van der Waals surface area contributed by atoms with Crippen LogP contribution in [0.25, 0.3) is 0 Å². The van der Waals surface area contributed by atoms with Crippen molar-refractivity contribution in [3.63, 3.8) is 0 Å². The highest BCUT2D eigenvalue weighted by Crippen LogP contribution is 2.46. The van der Waals surface area contributed by atoms with E-state index in [4.69, 9.17) is 9.47 Å². The van der Waals surface area contributed by atoms with Gasteiger partial charge in [0, 0.05) is 26.6 Å². The first-order valence-corrected chi connectivity index (χ1v) is 7.85. The second-order valence-electron chi connectivity index (χ2n) is 6.18. The Morgan fingerprint density at radius 1 is 1.33 bits per heavy atom. The van der Waals surface area contributed by atoms with Gasteiger partial charge in [-0.05, 0) is 37.7 Å². The fourth-order valence-corrected chi connectivity index (χ4v) is 3.37. The molecule has 1 fully saturated rings. The maximum absolute atomic E-state index is 15.1. The average molecular weight is 300 g/mol. The molecule has 0 N–H and O–H groups in total. The highest BCUT2D eigenvalue weighted by molar-refractivity contribution is 5.26. The minimum Gasteiger partial charge on any atom is -0.353 e. The number of ether oxygens (including phenoxy) is 2. The molecule has 2 nitrogen and oxygen atoms in total. The van der Waals surface area contributed by atoms with Crippen molar-refractivity contribution in [2.75, 3.05) is 13.7 Å². The van der Waals surface area contributed by atoms with Crippen molar-refractivity contribution in [1.29, 1.82) is 0 Å². The Labute approximate surface area is 126 Å². The zero-order valence-corrected chi connectivity index (χ0v) is 13.2. The summed E-state index contributed by atoms with van der Waals surface area (Å²) in [6.07, 6.45) is 5.87. The minimum atomic E-state index is -1.80. The summed E-state index contributed by atoms with van der Waals surface area (Å²) in [5.74, 6) is -0.671. The van der Waals surface area contributed by atoms with Crippen molar-refractivity contribution in [3.05, 3.63) is 23.8 Å². The molecule has 0 radical (unpaired) electrons. The summed E-state index contributed by atoms with van der Waals surface area (Å²) < 4.78 is 40.9. The van der Waals surface area contributed by atoms with Crippen LogP contribution in [-0.4, -0.2) is 31.3 Å². The monoisotopic (exact) mass is 300 g/mol. The Hall–Kier alpha value is -0.740. The zero-order valence-electron chi connectivity index (χ0n) is 13.2. The predicted molar refractivity (Wildman–Crippen MR) is 79.6 cm³/mol. The SMILES string of the molecule is CCOC1(OC)CCC(F)(C(F)C2=CC=CCC2C)CC1. The summed E-state index contributed by atoms with van der Waals surface area (Å²) in [6.45, 7) is 4.35. The fourth-order valence-electron chi connectivity index (χ4n) is 3.37. The molecule has 0 aromatic heterocycles. The van der Waals surface area contributed by atoms with Gasteiger partial charge in [-0.25, -0.2) is 8.78 Å². The number of alkyl halides is 2. The summed E-state index contributed by atoms with van der Waals surface area (Å²) in [5.41, 5.74) is -1.22. The third kappa shape index (κ3) is 3.37. The molecule has 2 rings (SSSR count). The lowest BCUT2D eigenvalue weighted by atomic mass is 9.74. The lowest BCUT2D eigenvalue weighted by Gasteiger charge is -2.43.